The molecular formula is C28H33N4O3+. The summed E-state index contributed by atoms with van der Waals surface area (Å²) in [5.74, 6) is 1.41. The fraction of sp³-hybridized carbons (Fsp3) is 0.357. The number of aromatic nitrogens is 2. The Balaban J connectivity index is 1.37. The minimum atomic E-state index is 0.456. The van der Waals surface area contributed by atoms with Gasteiger partial charge in [0.2, 0.25) is 5.95 Å². The van der Waals surface area contributed by atoms with Gasteiger partial charge in [0.05, 0.1) is 45.2 Å². The first-order chi connectivity index (χ1) is 17.3. The Morgan fingerprint density at radius 2 is 1.80 bits per heavy atom. The standard InChI is InChI=1S/C28H32N4O3/c1-2-13-32(12-1)14-17-35-27-9-8-25-19-24(27)21-34-16-4-3-15-33-20-22-6-5-7-23(18-22)26-10-11-29-28(30-25)31-26/h3-11,18-19H,1-2,12-17,20-21H2,(H,29,30,31)/p+1/b4-3+. The molecule has 0 saturated carbocycles. The van der Waals surface area contributed by atoms with Gasteiger partial charge in [0, 0.05) is 35.9 Å². The number of hydrogen-bond acceptors (Lipinski definition) is 6. The fourth-order valence-corrected chi connectivity index (χ4v) is 4.49. The molecule has 7 heteroatoms. The molecular weight excluding hydrogens is 440 g/mol. The van der Waals surface area contributed by atoms with Crippen LogP contribution in [0.25, 0.3) is 11.3 Å². The van der Waals surface area contributed by atoms with Crippen LogP contribution in [0.1, 0.15) is 24.0 Å². The molecule has 182 valence electrons. The van der Waals surface area contributed by atoms with Gasteiger partial charge in [0.15, 0.2) is 0 Å². The molecule has 0 spiro atoms. The first kappa shape index (κ1) is 23.5. The van der Waals surface area contributed by atoms with Gasteiger partial charge in [-0.2, -0.15) is 0 Å². The van der Waals surface area contributed by atoms with E-state index in [1.165, 1.54) is 25.9 Å². The van der Waals surface area contributed by atoms with E-state index in [1.54, 1.807) is 11.1 Å². The number of likely N-dealkylation sites (tertiary alicyclic amines) is 1. The van der Waals surface area contributed by atoms with Crippen molar-refractivity contribution in [2.24, 2.45) is 0 Å². The molecule has 6 bridgehead atoms. The number of hydrogen-bond donors (Lipinski definition) is 2. The van der Waals surface area contributed by atoms with Crippen molar-refractivity contribution in [1.82, 2.24) is 9.97 Å². The highest BCUT2D eigenvalue weighted by atomic mass is 16.5. The molecule has 2 N–H and O–H groups in total. The summed E-state index contributed by atoms with van der Waals surface area (Å²) in [7, 11) is 0. The van der Waals surface area contributed by atoms with Crippen LogP contribution in [0, 0.1) is 0 Å². The van der Waals surface area contributed by atoms with E-state index in [0.29, 0.717) is 39.0 Å². The van der Waals surface area contributed by atoms with E-state index >= 15 is 0 Å². The zero-order valence-corrected chi connectivity index (χ0v) is 20.0. The number of nitrogens with zero attached hydrogens (tertiary/aromatic N) is 2. The van der Waals surface area contributed by atoms with E-state index in [0.717, 1.165) is 40.4 Å². The van der Waals surface area contributed by atoms with Crippen molar-refractivity contribution >= 4 is 11.6 Å². The molecule has 1 fully saturated rings. The summed E-state index contributed by atoms with van der Waals surface area (Å²) < 4.78 is 17.9. The van der Waals surface area contributed by atoms with Crippen LogP contribution < -0.4 is 15.0 Å². The lowest BCUT2D eigenvalue weighted by atomic mass is 10.1. The Labute approximate surface area is 206 Å². The lowest BCUT2D eigenvalue weighted by Crippen LogP contribution is -3.10. The molecule has 1 saturated heterocycles. The number of benzene rings is 2. The SMILES string of the molecule is C1=C/COCc2cc(ccc2OCC[NH+]2CCCC2)Nc2nccc(n2)-c2cccc(c2)COC/1. The quantitative estimate of drug-likeness (QED) is 0.565. The van der Waals surface area contributed by atoms with E-state index in [9.17, 15) is 0 Å². The van der Waals surface area contributed by atoms with Gasteiger partial charge in [-0.05, 0) is 35.9 Å². The van der Waals surface area contributed by atoms with Crippen LogP contribution in [-0.4, -0.2) is 49.4 Å². The second kappa shape index (κ2) is 11.9. The third-order valence-electron chi connectivity index (χ3n) is 6.34. The summed E-state index contributed by atoms with van der Waals surface area (Å²) in [6, 6.07) is 16.3. The van der Waals surface area contributed by atoms with Crippen LogP contribution in [0.2, 0.25) is 0 Å². The second-order valence-electron chi connectivity index (χ2n) is 8.97. The third kappa shape index (κ3) is 6.66. The minimum Gasteiger partial charge on any atom is -0.487 e. The van der Waals surface area contributed by atoms with Gasteiger partial charge in [0.1, 0.15) is 18.9 Å². The molecule has 2 aliphatic heterocycles. The van der Waals surface area contributed by atoms with Gasteiger partial charge < -0.3 is 24.4 Å². The number of anilines is 2. The van der Waals surface area contributed by atoms with Crippen LogP contribution in [0.15, 0.2) is 66.9 Å². The number of quaternary nitrogens is 1. The summed E-state index contributed by atoms with van der Waals surface area (Å²) in [4.78, 5) is 10.8. The summed E-state index contributed by atoms with van der Waals surface area (Å²) >= 11 is 0. The van der Waals surface area contributed by atoms with Gasteiger partial charge in [-0.15, -0.1) is 0 Å². The number of nitrogens with one attached hydrogen (secondary N) is 2. The lowest BCUT2D eigenvalue weighted by molar-refractivity contribution is -0.887. The van der Waals surface area contributed by atoms with Gasteiger partial charge in [-0.1, -0.05) is 30.4 Å². The van der Waals surface area contributed by atoms with E-state index in [2.05, 4.69) is 34.6 Å². The highest BCUT2D eigenvalue weighted by Gasteiger charge is 2.15. The third-order valence-corrected chi connectivity index (χ3v) is 6.34. The molecule has 1 aromatic heterocycles. The highest BCUT2D eigenvalue weighted by molar-refractivity contribution is 5.63. The van der Waals surface area contributed by atoms with E-state index < -0.39 is 0 Å². The molecule has 35 heavy (non-hydrogen) atoms. The maximum absolute atomic E-state index is 6.19. The van der Waals surface area contributed by atoms with Crippen LogP contribution >= 0.6 is 0 Å². The van der Waals surface area contributed by atoms with E-state index in [-0.39, 0.29) is 0 Å². The van der Waals surface area contributed by atoms with Gasteiger partial charge in [-0.3, -0.25) is 0 Å². The molecule has 0 amide bonds. The second-order valence-corrected chi connectivity index (χ2v) is 8.97. The average molecular weight is 474 g/mol. The molecule has 3 heterocycles. The highest BCUT2D eigenvalue weighted by Crippen LogP contribution is 2.26. The minimum absolute atomic E-state index is 0.456. The molecule has 0 radical (unpaired) electrons. The predicted octanol–water partition coefficient (Wildman–Crippen LogP) is 3.55. The van der Waals surface area contributed by atoms with Crippen molar-refractivity contribution in [3.8, 4) is 17.0 Å². The van der Waals surface area contributed by atoms with Crippen molar-refractivity contribution in [3.63, 3.8) is 0 Å². The lowest BCUT2D eigenvalue weighted by Gasteiger charge is -2.16. The Bertz CT molecular complexity index is 1140. The summed E-state index contributed by atoms with van der Waals surface area (Å²) in [5.41, 5.74) is 4.90. The van der Waals surface area contributed by atoms with Crippen LogP contribution in [-0.2, 0) is 22.7 Å². The van der Waals surface area contributed by atoms with Crippen LogP contribution in [0.4, 0.5) is 11.6 Å². The molecule has 2 aromatic carbocycles. The van der Waals surface area contributed by atoms with Crippen molar-refractivity contribution in [2.75, 3.05) is 44.8 Å². The molecule has 0 atom stereocenters. The van der Waals surface area contributed by atoms with Crippen LogP contribution in [0.5, 0.6) is 5.75 Å². The Hall–Kier alpha value is -3.26. The average Bonchev–Trinajstić information content (AvgIpc) is 3.40. The van der Waals surface area contributed by atoms with Crippen LogP contribution in [0.3, 0.4) is 0 Å². The molecule has 7 nitrogen and oxygen atoms in total. The Morgan fingerprint density at radius 1 is 0.943 bits per heavy atom. The van der Waals surface area contributed by atoms with Gasteiger partial charge in [-0.25, -0.2) is 9.97 Å². The summed E-state index contributed by atoms with van der Waals surface area (Å²) in [5, 5.41) is 3.35. The van der Waals surface area contributed by atoms with Crippen molar-refractivity contribution in [2.45, 2.75) is 26.1 Å². The van der Waals surface area contributed by atoms with Crippen molar-refractivity contribution in [3.05, 3.63) is 78.0 Å². The predicted molar refractivity (Wildman–Crippen MR) is 136 cm³/mol. The molecule has 0 aliphatic carbocycles. The summed E-state index contributed by atoms with van der Waals surface area (Å²) in [6.07, 6.45) is 8.42. The normalized spacial score (nSPS) is 17.7. The largest absolute Gasteiger partial charge is 0.487 e. The van der Waals surface area contributed by atoms with Gasteiger partial charge in [0.25, 0.3) is 0 Å². The first-order valence-electron chi connectivity index (χ1n) is 12.4. The topological polar surface area (TPSA) is 69.9 Å². The maximum atomic E-state index is 6.19. The monoisotopic (exact) mass is 473 g/mol. The fourth-order valence-electron chi connectivity index (χ4n) is 4.49. The zero-order chi connectivity index (χ0) is 23.7. The molecule has 3 aromatic rings. The van der Waals surface area contributed by atoms with Crippen molar-refractivity contribution < 1.29 is 19.1 Å². The van der Waals surface area contributed by atoms with E-state index in [4.69, 9.17) is 19.2 Å². The Morgan fingerprint density at radius 3 is 2.69 bits per heavy atom. The van der Waals surface area contributed by atoms with Crippen molar-refractivity contribution in [1.29, 1.82) is 0 Å². The number of ether oxygens (including phenoxy) is 3. The first-order valence-corrected chi connectivity index (χ1v) is 12.4. The maximum Gasteiger partial charge on any atom is 0.227 e. The molecule has 5 rings (SSSR count). The Kier molecular flexibility index (Phi) is 8.00. The zero-order valence-electron chi connectivity index (χ0n) is 20.0. The smallest absolute Gasteiger partial charge is 0.227 e. The van der Waals surface area contributed by atoms with Gasteiger partial charge >= 0.3 is 0 Å². The number of fused-ring (bicyclic) bond motifs is 7. The number of rotatable bonds is 4. The molecule has 0 unspecified atom stereocenters. The molecule has 2 aliphatic rings. The van der Waals surface area contributed by atoms with E-state index in [1.807, 2.05) is 36.4 Å². The summed E-state index contributed by atoms with van der Waals surface area (Å²) in [6.45, 7) is 6.29.